The van der Waals surface area contributed by atoms with Crippen LogP contribution in [0.15, 0.2) is 40.1 Å². The van der Waals surface area contributed by atoms with Crippen LogP contribution in [-0.4, -0.2) is 9.04 Å². The molecule has 0 aliphatic rings. The van der Waals surface area contributed by atoms with Gasteiger partial charge >= 0.3 is 5.63 Å². The summed E-state index contributed by atoms with van der Waals surface area (Å²) in [5.41, 5.74) is 3.24. The lowest BCUT2D eigenvalue weighted by molar-refractivity contribution is 0.542. The molecule has 0 saturated heterocycles. The Labute approximate surface area is 156 Å². The molecule has 0 N–H and O–H groups in total. The van der Waals surface area contributed by atoms with E-state index in [-0.39, 0.29) is 11.0 Å². The van der Waals surface area contributed by atoms with E-state index < -0.39 is 9.04 Å². The van der Waals surface area contributed by atoms with Crippen LogP contribution in [0.5, 0.6) is 5.75 Å². The molecule has 0 spiro atoms. The molecule has 1 radical (unpaired) electrons. The van der Waals surface area contributed by atoms with Crippen LogP contribution in [0.2, 0.25) is 13.1 Å². The second kappa shape index (κ2) is 6.43. The SMILES string of the molecule is C=Cc1ccc2c(c1)c(=O)oc1c(C)c(C(C)(C)C)cc(O[Si](C)C)c12. The number of hydrogen-bond donors (Lipinski definition) is 0. The second-order valence-corrected chi connectivity index (χ2v) is 9.93. The van der Waals surface area contributed by atoms with E-state index in [0.717, 1.165) is 33.2 Å². The standard InChI is InChI=1S/C22H25O3Si/c1-8-14-9-10-15-16(11-14)21(23)24-20-13(2)17(22(3,4)5)12-18(19(15)20)25-26(6)7/h8-12H,1H2,2-7H3. The lowest BCUT2D eigenvalue weighted by Gasteiger charge is -2.25. The highest BCUT2D eigenvalue weighted by Gasteiger charge is 2.24. The Hall–Kier alpha value is -2.33. The normalized spacial score (nSPS) is 12.1. The zero-order chi connectivity index (χ0) is 19.2. The monoisotopic (exact) mass is 365 g/mol. The highest BCUT2D eigenvalue weighted by molar-refractivity contribution is 6.49. The molecule has 0 aliphatic carbocycles. The van der Waals surface area contributed by atoms with Gasteiger partial charge in [-0.2, -0.15) is 0 Å². The van der Waals surface area contributed by atoms with Crippen LogP contribution in [0.4, 0.5) is 0 Å². The fourth-order valence-corrected chi connectivity index (χ4v) is 4.02. The van der Waals surface area contributed by atoms with Gasteiger partial charge in [-0.3, -0.25) is 0 Å². The first-order chi connectivity index (χ1) is 12.1. The second-order valence-electron chi connectivity index (χ2n) is 7.91. The van der Waals surface area contributed by atoms with Crippen molar-refractivity contribution < 1.29 is 8.84 Å². The first kappa shape index (κ1) is 18.5. The summed E-state index contributed by atoms with van der Waals surface area (Å²) in [6.45, 7) is 16.5. The maximum absolute atomic E-state index is 12.7. The van der Waals surface area contributed by atoms with E-state index >= 15 is 0 Å². The summed E-state index contributed by atoms with van der Waals surface area (Å²) in [4.78, 5) is 12.7. The molecular weight excluding hydrogens is 340 g/mol. The van der Waals surface area contributed by atoms with Gasteiger partial charge in [0.2, 0.25) is 0 Å². The summed E-state index contributed by atoms with van der Waals surface area (Å²) in [5.74, 6) is 0.800. The molecule has 4 heteroatoms. The average Bonchev–Trinajstić information content (AvgIpc) is 2.55. The van der Waals surface area contributed by atoms with Crippen molar-refractivity contribution in [3.63, 3.8) is 0 Å². The number of benzene rings is 2. The van der Waals surface area contributed by atoms with Crippen LogP contribution >= 0.6 is 0 Å². The third-order valence-corrected chi connectivity index (χ3v) is 5.21. The van der Waals surface area contributed by atoms with E-state index in [2.05, 4.69) is 46.5 Å². The summed E-state index contributed by atoms with van der Waals surface area (Å²) in [6.07, 6.45) is 1.73. The Balaban J connectivity index is 2.54. The van der Waals surface area contributed by atoms with Gasteiger partial charge in [-0.15, -0.1) is 0 Å². The molecule has 0 saturated carbocycles. The van der Waals surface area contributed by atoms with Crippen molar-refractivity contribution in [1.82, 2.24) is 0 Å². The lowest BCUT2D eigenvalue weighted by atomic mass is 9.83. The number of aryl methyl sites for hydroxylation is 1. The Bertz CT molecular complexity index is 1070. The summed E-state index contributed by atoms with van der Waals surface area (Å²) in [5, 5.41) is 2.30. The van der Waals surface area contributed by atoms with E-state index in [4.69, 9.17) is 8.84 Å². The van der Waals surface area contributed by atoms with Crippen molar-refractivity contribution in [1.29, 1.82) is 0 Å². The van der Waals surface area contributed by atoms with E-state index in [1.54, 1.807) is 6.08 Å². The minimum atomic E-state index is -0.978. The predicted molar refractivity (Wildman–Crippen MR) is 112 cm³/mol. The van der Waals surface area contributed by atoms with Crippen molar-refractivity contribution in [2.75, 3.05) is 0 Å². The molecule has 3 rings (SSSR count). The third-order valence-electron chi connectivity index (χ3n) is 4.58. The van der Waals surface area contributed by atoms with E-state index in [1.807, 2.05) is 25.1 Å². The molecule has 0 aliphatic heterocycles. The molecule has 135 valence electrons. The fourth-order valence-electron chi connectivity index (χ4n) is 3.42. The van der Waals surface area contributed by atoms with Crippen molar-refractivity contribution in [2.24, 2.45) is 0 Å². The first-order valence-electron chi connectivity index (χ1n) is 8.78. The number of fused-ring (bicyclic) bond motifs is 3. The van der Waals surface area contributed by atoms with Crippen molar-refractivity contribution in [2.45, 2.75) is 46.2 Å². The van der Waals surface area contributed by atoms with Crippen molar-refractivity contribution in [3.05, 3.63) is 58.0 Å². The molecule has 1 heterocycles. The Morgan fingerprint density at radius 3 is 2.42 bits per heavy atom. The van der Waals surface area contributed by atoms with Crippen molar-refractivity contribution in [3.8, 4) is 5.75 Å². The molecule has 3 nitrogen and oxygen atoms in total. The smallest absolute Gasteiger partial charge is 0.344 e. The topological polar surface area (TPSA) is 39.4 Å². The van der Waals surface area contributed by atoms with Crippen LogP contribution < -0.4 is 10.1 Å². The maximum Gasteiger partial charge on any atom is 0.344 e. The fraction of sp³-hybridized carbons (Fsp3) is 0.318. The largest absolute Gasteiger partial charge is 0.542 e. The highest BCUT2D eigenvalue weighted by atomic mass is 28.3. The molecule has 26 heavy (non-hydrogen) atoms. The molecule has 0 fully saturated rings. The molecule has 0 amide bonds. The lowest BCUT2D eigenvalue weighted by Crippen LogP contribution is -2.17. The molecule has 1 aromatic heterocycles. The van der Waals surface area contributed by atoms with E-state index in [1.165, 1.54) is 0 Å². The third kappa shape index (κ3) is 3.10. The van der Waals surface area contributed by atoms with Gasteiger partial charge in [-0.25, -0.2) is 4.79 Å². The molecular formula is C22H25O3Si. The molecule has 0 unspecified atom stereocenters. The van der Waals surface area contributed by atoms with E-state index in [0.29, 0.717) is 11.0 Å². The molecule has 3 aromatic rings. The molecule has 2 aromatic carbocycles. The molecule has 0 bridgehead atoms. The van der Waals surface area contributed by atoms with Gasteiger partial charge in [0.1, 0.15) is 11.3 Å². The van der Waals surface area contributed by atoms with Crippen LogP contribution in [0, 0.1) is 6.92 Å². The van der Waals surface area contributed by atoms with Gasteiger partial charge in [0.15, 0.2) is 0 Å². The Kier molecular flexibility index (Phi) is 4.57. The number of hydrogen-bond acceptors (Lipinski definition) is 3. The Morgan fingerprint density at radius 2 is 1.85 bits per heavy atom. The molecule has 0 atom stereocenters. The summed E-state index contributed by atoms with van der Waals surface area (Å²) in [7, 11) is -0.978. The number of rotatable bonds is 3. The summed E-state index contributed by atoms with van der Waals surface area (Å²) < 4.78 is 12.0. The van der Waals surface area contributed by atoms with Gasteiger partial charge in [0.25, 0.3) is 9.04 Å². The van der Waals surface area contributed by atoms with Gasteiger partial charge in [-0.05, 0) is 54.3 Å². The van der Waals surface area contributed by atoms with Crippen molar-refractivity contribution >= 4 is 36.9 Å². The highest BCUT2D eigenvalue weighted by Crippen LogP contribution is 2.39. The quantitative estimate of drug-likeness (QED) is 0.333. The van der Waals surface area contributed by atoms with Gasteiger partial charge in [-0.1, -0.05) is 45.6 Å². The van der Waals surface area contributed by atoms with Gasteiger partial charge < -0.3 is 8.84 Å². The zero-order valence-electron chi connectivity index (χ0n) is 16.3. The maximum atomic E-state index is 12.7. The van der Waals surface area contributed by atoms with Crippen LogP contribution in [0.3, 0.4) is 0 Å². The predicted octanol–water partition coefficient (Wildman–Crippen LogP) is 5.83. The minimum Gasteiger partial charge on any atom is -0.542 e. The van der Waals surface area contributed by atoms with Gasteiger partial charge in [0.05, 0.1) is 10.8 Å². The average molecular weight is 366 g/mol. The van der Waals surface area contributed by atoms with Crippen LogP contribution in [0.25, 0.3) is 27.8 Å². The van der Waals surface area contributed by atoms with Crippen LogP contribution in [-0.2, 0) is 5.41 Å². The van der Waals surface area contributed by atoms with E-state index in [9.17, 15) is 4.79 Å². The zero-order valence-corrected chi connectivity index (χ0v) is 17.3. The van der Waals surface area contributed by atoms with Crippen LogP contribution in [0.1, 0.15) is 37.5 Å². The summed E-state index contributed by atoms with van der Waals surface area (Å²) in [6, 6.07) is 7.88. The minimum absolute atomic E-state index is 0.0784. The van der Waals surface area contributed by atoms with Gasteiger partial charge in [0, 0.05) is 5.39 Å². The first-order valence-corrected chi connectivity index (χ1v) is 11.2. The summed E-state index contributed by atoms with van der Waals surface area (Å²) >= 11 is 0. The Morgan fingerprint density at radius 1 is 1.15 bits per heavy atom.